The summed E-state index contributed by atoms with van der Waals surface area (Å²) in [4.78, 5) is 69.2. The summed E-state index contributed by atoms with van der Waals surface area (Å²) in [7, 11) is 2.09. The molecule has 13 nitrogen and oxygen atoms in total. The van der Waals surface area contributed by atoms with Gasteiger partial charge in [-0.3, -0.25) is 23.7 Å². The van der Waals surface area contributed by atoms with E-state index >= 15 is 0 Å². The van der Waals surface area contributed by atoms with Crippen molar-refractivity contribution in [3.05, 3.63) is 135 Å². The SMILES string of the molecule is CN1CCN(CCC(=O)Nc2ccc3c(=O)n(CC4(O)CCN(C(=O)C(CCCNC(=O)c5ccc6c(Cl)cc(-c7cccc(C(F)(F)F)c7)nc6c5)Cc5ccccc5)CC4)cnc3c2)CC1. The third-order valence-electron chi connectivity index (χ3n) is 13.0. The van der Waals surface area contributed by atoms with Crippen molar-refractivity contribution in [1.29, 1.82) is 0 Å². The third kappa shape index (κ3) is 11.9. The minimum Gasteiger partial charge on any atom is -0.388 e. The average molecular weight is 951 g/mol. The van der Waals surface area contributed by atoms with Crippen LogP contribution in [0.15, 0.2) is 108 Å². The molecule has 0 radical (unpaired) electrons. The first-order valence-corrected chi connectivity index (χ1v) is 23.3. The number of aromatic nitrogens is 3. The highest BCUT2D eigenvalue weighted by Crippen LogP contribution is 2.34. The number of nitrogens with zero attached hydrogens (tertiary/aromatic N) is 6. The second-order valence-corrected chi connectivity index (χ2v) is 18.4. The molecule has 0 saturated carbocycles. The molecule has 0 bridgehead atoms. The number of piperidine rings is 1. The van der Waals surface area contributed by atoms with Crippen molar-refractivity contribution in [2.45, 2.75) is 56.8 Å². The monoisotopic (exact) mass is 950 g/mol. The Morgan fingerprint density at radius 1 is 0.868 bits per heavy atom. The molecule has 2 saturated heterocycles. The number of rotatable bonds is 15. The van der Waals surface area contributed by atoms with Crippen LogP contribution in [0.5, 0.6) is 0 Å². The Morgan fingerprint density at radius 2 is 1.62 bits per heavy atom. The van der Waals surface area contributed by atoms with Gasteiger partial charge in [-0.1, -0.05) is 60.1 Å². The van der Waals surface area contributed by atoms with Crippen molar-refractivity contribution in [2.24, 2.45) is 5.92 Å². The number of carbonyl (C=O) groups excluding carboxylic acids is 3. The van der Waals surface area contributed by atoms with E-state index in [0.717, 1.165) is 43.9 Å². The van der Waals surface area contributed by atoms with Gasteiger partial charge in [0, 0.05) is 86.9 Å². The lowest BCUT2D eigenvalue weighted by Gasteiger charge is -2.39. The minimum absolute atomic E-state index is 0.00598. The number of hydrogen-bond acceptors (Lipinski definition) is 9. The van der Waals surface area contributed by atoms with E-state index < -0.39 is 23.3 Å². The molecule has 1 atom stereocenters. The van der Waals surface area contributed by atoms with Gasteiger partial charge in [0.05, 0.1) is 51.2 Å². The predicted octanol–water partition coefficient (Wildman–Crippen LogP) is 7.28. The minimum atomic E-state index is -4.53. The van der Waals surface area contributed by atoms with Crippen LogP contribution in [-0.4, -0.2) is 117 Å². The second-order valence-electron chi connectivity index (χ2n) is 18.0. The molecule has 4 heterocycles. The lowest BCUT2D eigenvalue weighted by Crippen LogP contribution is -2.51. The zero-order valence-electron chi connectivity index (χ0n) is 37.8. The summed E-state index contributed by atoms with van der Waals surface area (Å²) in [6, 6.07) is 25.8. The Labute approximate surface area is 396 Å². The number of amides is 3. The highest BCUT2D eigenvalue weighted by molar-refractivity contribution is 6.35. The van der Waals surface area contributed by atoms with E-state index in [4.69, 9.17) is 11.6 Å². The first kappa shape index (κ1) is 48.3. The summed E-state index contributed by atoms with van der Waals surface area (Å²) >= 11 is 6.52. The number of carbonyl (C=O) groups is 3. The molecule has 356 valence electrons. The van der Waals surface area contributed by atoms with Crippen LogP contribution in [0, 0.1) is 5.92 Å². The standard InChI is InChI=1S/C51H54ClF3N8O5/c1-60-23-25-61(26-24-60)20-16-46(64)58-39-13-15-41-44(30-39)57-33-63(49(41)67)32-50(68)17-21-62(22-18-50)48(66)37(27-34-7-3-2-4-8-34)10-6-19-56-47(65)36-12-14-40-42(52)31-43(59-45(40)29-36)35-9-5-11-38(28-35)51(53,54)55/h2-5,7-9,11-15,28-31,33,37,68H,6,10,16-27,32H2,1H3,(H,56,65)(H,58,64). The van der Waals surface area contributed by atoms with Gasteiger partial charge in [-0.15, -0.1) is 0 Å². The fourth-order valence-corrected chi connectivity index (χ4v) is 9.24. The number of aliphatic hydroxyl groups is 1. The van der Waals surface area contributed by atoms with Crippen molar-refractivity contribution < 1.29 is 32.7 Å². The van der Waals surface area contributed by atoms with E-state index in [0.29, 0.717) is 78.4 Å². The maximum absolute atomic E-state index is 14.2. The van der Waals surface area contributed by atoms with Crippen LogP contribution in [0.3, 0.4) is 0 Å². The van der Waals surface area contributed by atoms with E-state index in [-0.39, 0.29) is 65.5 Å². The van der Waals surface area contributed by atoms with E-state index in [1.165, 1.54) is 29.1 Å². The van der Waals surface area contributed by atoms with Crippen LogP contribution >= 0.6 is 11.6 Å². The normalized spacial score (nSPS) is 16.2. The van der Waals surface area contributed by atoms with Crippen molar-refractivity contribution in [1.82, 2.24) is 34.6 Å². The molecule has 2 aromatic heterocycles. The molecule has 3 amide bonds. The third-order valence-corrected chi connectivity index (χ3v) is 13.3. The number of nitrogens with one attached hydrogen (secondary N) is 2. The summed E-state index contributed by atoms with van der Waals surface area (Å²) in [5.74, 6) is -0.941. The molecule has 68 heavy (non-hydrogen) atoms. The number of benzene rings is 4. The zero-order chi connectivity index (χ0) is 48.0. The van der Waals surface area contributed by atoms with Crippen LogP contribution in [0.1, 0.15) is 53.6 Å². The molecule has 0 spiro atoms. The van der Waals surface area contributed by atoms with E-state index in [9.17, 15) is 37.5 Å². The molecule has 6 aromatic rings. The molecule has 1 unspecified atom stereocenters. The summed E-state index contributed by atoms with van der Waals surface area (Å²) < 4.78 is 41.7. The van der Waals surface area contributed by atoms with E-state index in [1.54, 1.807) is 41.3 Å². The van der Waals surface area contributed by atoms with Crippen LogP contribution in [-0.2, 0) is 28.7 Å². The average Bonchev–Trinajstić information content (AvgIpc) is 3.33. The highest BCUT2D eigenvalue weighted by Gasteiger charge is 2.37. The van der Waals surface area contributed by atoms with Crippen molar-refractivity contribution >= 4 is 56.8 Å². The first-order valence-electron chi connectivity index (χ1n) is 22.9. The van der Waals surface area contributed by atoms with Crippen LogP contribution in [0.2, 0.25) is 5.02 Å². The number of pyridine rings is 1. The van der Waals surface area contributed by atoms with Crippen LogP contribution in [0.25, 0.3) is 33.1 Å². The number of fused-ring (bicyclic) bond motifs is 2. The largest absolute Gasteiger partial charge is 0.416 e. The number of hydrogen-bond donors (Lipinski definition) is 3. The highest BCUT2D eigenvalue weighted by atomic mass is 35.5. The van der Waals surface area contributed by atoms with Gasteiger partial charge in [0.25, 0.3) is 11.5 Å². The molecule has 3 N–H and O–H groups in total. The number of likely N-dealkylation sites (tertiary alicyclic amines) is 1. The number of likely N-dealkylation sites (N-methyl/N-ethyl adjacent to an activating group) is 1. The molecule has 2 fully saturated rings. The number of piperazine rings is 1. The molecule has 8 rings (SSSR count). The topological polar surface area (TPSA) is 153 Å². The number of alkyl halides is 3. The van der Waals surface area contributed by atoms with Crippen LogP contribution < -0.4 is 16.2 Å². The lowest BCUT2D eigenvalue weighted by atomic mass is 9.88. The zero-order valence-corrected chi connectivity index (χ0v) is 38.5. The van der Waals surface area contributed by atoms with E-state index in [1.807, 2.05) is 30.3 Å². The predicted molar refractivity (Wildman–Crippen MR) is 256 cm³/mol. The van der Waals surface area contributed by atoms with Crippen molar-refractivity contribution in [3.8, 4) is 11.3 Å². The van der Waals surface area contributed by atoms with Gasteiger partial charge >= 0.3 is 6.18 Å². The molecule has 2 aliphatic rings. The van der Waals surface area contributed by atoms with Gasteiger partial charge in [0.2, 0.25) is 11.8 Å². The molecule has 0 aliphatic carbocycles. The number of anilines is 1. The summed E-state index contributed by atoms with van der Waals surface area (Å²) in [6.07, 6.45) is -0.786. The molecule has 2 aliphatic heterocycles. The Bertz CT molecular complexity index is 2850. The van der Waals surface area contributed by atoms with Gasteiger partial charge in [0.15, 0.2) is 0 Å². The summed E-state index contributed by atoms with van der Waals surface area (Å²) in [5.41, 5.74) is 0.730. The van der Waals surface area contributed by atoms with E-state index in [2.05, 4.69) is 37.4 Å². The number of halogens is 4. The van der Waals surface area contributed by atoms with Gasteiger partial charge in [-0.25, -0.2) is 9.97 Å². The fourth-order valence-electron chi connectivity index (χ4n) is 8.97. The smallest absolute Gasteiger partial charge is 0.388 e. The quantitative estimate of drug-likeness (QED) is 0.0902. The molecular weight excluding hydrogens is 897 g/mol. The molecular formula is C51H54ClF3N8O5. The lowest BCUT2D eigenvalue weighted by molar-refractivity contribution is -0.140. The Kier molecular flexibility index (Phi) is 14.9. The van der Waals surface area contributed by atoms with Crippen molar-refractivity contribution in [3.63, 3.8) is 0 Å². The van der Waals surface area contributed by atoms with Gasteiger partial charge < -0.3 is 30.4 Å². The van der Waals surface area contributed by atoms with Crippen molar-refractivity contribution in [2.75, 3.05) is 64.7 Å². The molecule has 4 aromatic carbocycles. The summed E-state index contributed by atoms with van der Waals surface area (Å²) in [5, 5.41) is 18.8. The van der Waals surface area contributed by atoms with Crippen LogP contribution in [0.4, 0.5) is 18.9 Å². The maximum Gasteiger partial charge on any atom is 0.416 e. The summed E-state index contributed by atoms with van der Waals surface area (Å²) in [6.45, 7) is 5.36. The van der Waals surface area contributed by atoms with Gasteiger partial charge in [-0.05, 0) is 93.2 Å². The Hall–Kier alpha value is -6.20. The second kappa shape index (κ2) is 21.0. The maximum atomic E-state index is 14.2. The Morgan fingerprint density at radius 3 is 2.37 bits per heavy atom. The fraction of sp³-hybridized carbons (Fsp3) is 0.373. The molecule has 17 heteroatoms. The van der Waals surface area contributed by atoms with Gasteiger partial charge in [-0.2, -0.15) is 13.2 Å². The Balaban J connectivity index is 0.855. The first-order chi connectivity index (χ1) is 32.6. The van der Waals surface area contributed by atoms with Gasteiger partial charge in [0.1, 0.15) is 0 Å².